The van der Waals surface area contributed by atoms with Crippen LogP contribution in [0.25, 0.3) is 22.4 Å². The molecule has 0 atom stereocenters. The normalized spacial score (nSPS) is 14.8. The highest BCUT2D eigenvalue weighted by molar-refractivity contribution is 5.81. The molecule has 1 aliphatic rings. The van der Waals surface area contributed by atoms with E-state index in [1.807, 2.05) is 17.6 Å². The topological polar surface area (TPSA) is 30.7 Å². The molecule has 0 N–H and O–H groups in total. The Labute approximate surface area is 120 Å². The van der Waals surface area contributed by atoms with Crippen LogP contribution < -0.4 is 0 Å². The first-order chi connectivity index (χ1) is 10.1. The van der Waals surface area contributed by atoms with E-state index < -0.39 is 11.6 Å². The van der Waals surface area contributed by atoms with Gasteiger partial charge in [-0.05, 0) is 43.5 Å². The number of fused-ring (bicyclic) bond motifs is 1. The minimum absolute atomic E-state index is 0.196. The van der Waals surface area contributed by atoms with Gasteiger partial charge in [0.05, 0.1) is 5.52 Å². The van der Waals surface area contributed by atoms with E-state index in [-0.39, 0.29) is 11.6 Å². The number of benzene rings is 1. The summed E-state index contributed by atoms with van der Waals surface area (Å²) < 4.78 is 29.6. The molecule has 2 aromatic heterocycles. The first-order valence-electron chi connectivity index (χ1n) is 6.93. The van der Waals surface area contributed by atoms with Crippen molar-refractivity contribution in [3.05, 3.63) is 47.8 Å². The minimum Gasteiger partial charge on any atom is -0.318 e. The number of hydrogen-bond acceptors (Lipinski definition) is 2. The zero-order valence-electron chi connectivity index (χ0n) is 11.5. The summed E-state index contributed by atoms with van der Waals surface area (Å²) in [4.78, 5) is 8.67. The third-order valence-electron chi connectivity index (χ3n) is 3.79. The number of aryl methyl sites for hydroxylation is 1. The molecular formula is C16H13F2N3. The Morgan fingerprint density at radius 1 is 1.19 bits per heavy atom. The van der Waals surface area contributed by atoms with Crippen LogP contribution in [0.2, 0.25) is 0 Å². The second kappa shape index (κ2) is 4.35. The van der Waals surface area contributed by atoms with Gasteiger partial charge in [0.2, 0.25) is 0 Å². The molecule has 106 valence electrons. The van der Waals surface area contributed by atoms with Crippen LogP contribution in [-0.4, -0.2) is 14.5 Å². The second-order valence-corrected chi connectivity index (χ2v) is 5.52. The van der Waals surface area contributed by atoms with E-state index in [2.05, 4.69) is 9.97 Å². The Morgan fingerprint density at radius 3 is 2.71 bits per heavy atom. The summed E-state index contributed by atoms with van der Waals surface area (Å²) in [6, 6.07) is 4.81. The standard InChI is InChI=1S/C16H13F2N3/c1-9-6-10(8-19-7-9)16-20-13-5-4-12(17)14(18)15(13)21(16)11-2-3-11/h4-8,11H,2-3H2,1H3. The Kier molecular flexibility index (Phi) is 2.58. The molecule has 21 heavy (non-hydrogen) atoms. The third-order valence-corrected chi connectivity index (χ3v) is 3.79. The molecule has 0 spiro atoms. The fraction of sp³-hybridized carbons (Fsp3) is 0.250. The van der Waals surface area contributed by atoms with Crippen LogP contribution in [0.4, 0.5) is 8.78 Å². The van der Waals surface area contributed by atoms with Gasteiger partial charge in [-0.2, -0.15) is 0 Å². The number of pyridine rings is 1. The fourth-order valence-corrected chi connectivity index (χ4v) is 2.69. The minimum atomic E-state index is -0.835. The summed E-state index contributed by atoms with van der Waals surface area (Å²) in [5.74, 6) is -0.995. The largest absolute Gasteiger partial charge is 0.318 e. The maximum absolute atomic E-state index is 14.2. The molecule has 0 radical (unpaired) electrons. The van der Waals surface area contributed by atoms with Crippen LogP contribution in [0.3, 0.4) is 0 Å². The van der Waals surface area contributed by atoms with E-state index in [1.54, 1.807) is 12.4 Å². The molecular weight excluding hydrogens is 272 g/mol. The molecule has 3 nitrogen and oxygen atoms in total. The van der Waals surface area contributed by atoms with Crippen LogP contribution in [0, 0.1) is 18.6 Å². The first-order valence-corrected chi connectivity index (χ1v) is 6.93. The van der Waals surface area contributed by atoms with Crippen molar-refractivity contribution >= 4 is 11.0 Å². The number of imidazole rings is 1. The van der Waals surface area contributed by atoms with Crippen molar-refractivity contribution in [2.45, 2.75) is 25.8 Å². The van der Waals surface area contributed by atoms with Crippen molar-refractivity contribution in [3.8, 4) is 11.4 Å². The van der Waals surface area contributed by atoms with Gasteiger partial charge in [-0.1, -0.05) is 0 Å². The van der Waals surface area contributed by atoms with Gasteiger partial charge in [-0.15, -0.1) is 0 Å². The van der Waals surface area contributed by atoms with Crippen molar-refractivity contribution in [3.63, 3.8) is 0 Å². The van der Waals surface area contributed by atoms with Crippen molar-refractivity contribution in [2.24, 2.45) is 0 Å². The first kappa shape index (κ1) is 12.4. The summed E-state index contributed by atoms with van der Waals surface area (Å²) in [7, 11) is 0. The maximum Gasteiger partial charge on any atom is 0.184 e. The maximum atomic E-state index is 14.2. The molecule has 4 rings (SSSR count). The smallest absolute Gasteiger partial charge is 0.184 e. The summed E-state index contributed by atoms with van der Waals surface area (Å²) in [5.41, 5.74) is 2.58. The molecule has 1 saturated carbocycles. The quantitative estimate of drug-likeness (QED) is 0.712. The number of rotatable bonds is 2. The summed E-state index contributed by atoms with van der Waals surface area (Å²) >= 11 is 0. The molecule has 1 fully saturated rings. The zero-order chi connectivity index (χ0) is 14.6. The predicted molar refractivity (Wildman–Crippen MR) is 75.9 cm³/mol. The van der Waals surface area contributed by atoms with Crippen LogP contribution in [0.5, 0.6) is 0 Å². The van der Waals surface area contributed by atoms with Gasteiger partial charge in [-0.25, -0.2) is 13.8 Å². The molecule has 1 aliphatic carbocycles. The highest BCUT2D eigenvalue weighted by atomic mass is 19.2. The second-order valence-electron chi connectivity index (χ2n) is 5.52. The monoisotopic (exact) mass is 285 g/mol. The highest BCUT2D eigenvalue weighted by Crippen LogP contribution is 2.42. The van der Waals surface area contributed by atoms with Gasteiger partial charge >= 0.3 is 0 Å². The van der Waals surface area contributed by atoms with E-state index in [4.69, 9.17) is 0 Å². The molecule has 3 aromatic rings. The van der Waals surface area contributed by atoms with E-state index in [9.17, 15) is 8.78 Å². The van der Waals surface area contributed by atoms with Gasteiger partial charge in [0.1, 0.15) is 11.3 Å². The number of nitrogens with zero attached hydrogens (tertiary/aromatic N) is 3. The van der Waals surface area contributed by atoms with Crippen LogP contribution in [0.1, 0.15) is 24.4 Å². The number of aromatic nitrogens is 3. The Balaban J connectivity index is 2.05. The molecule has 0 amide bonds. The van der Waals surface area contributed by atoms with Crippen molar-refractivity contribution in [1.29, 1.82) is 0 Å². The average Bonchev–Trinajstić information content (AvgIpc) is 3.23. The Bertz CT molecular complexity index is 850. The Morgan fingerprint density at radius 2 is 2.00 bits per heavy atom. The van der Waals surface area contributed by atoms with Crippen LogP contribution in [-0.2, 0) is 0 Å². The van der Waals surface area contributed by atoms with Crippen LogP contribution in [0.15, 0.2) is 30.6 Å². The predicted octanol–water partition coefficient (Wildman–Crippen LogP) is 4.02. The van der Waals surface area contributed by atoms with Gasteiger partial charge in [0, 0.05) is 24.0 Å². The van der Waals surface area contributed by atoms with E-state index in [0.717, 1.165) is 30.0 Å². The van der Waals surface area contributed by atoms with E-state index in [1.165, 1.54) is 6.07 Å². The van der Waals surface area contributed by atoms with Crippen LogP contribution >= 0.6 is 0 Å². The lowest BCUT2D eigenvalue weighted by Gasteiger charge is -2.08. The molecule has 0 saturated heterocycles. The lowest BCUT2D eigenvalue weighted by molar-refractivity contribution is 0.511. The SMILES string of the molecule is Cc1cncc(-c2nc3ccc(F)c(F)c3n2C2CC2)c1. The molecule has 0 bridgehead atoms. The fourth-order valence-electron chi connectivity index (χ4n) is 2.69. The lowest BCUT2D eigenvalue weighted by atomic mass is 10.2. The highest BCUT2D eigenvalue weighted by Gasteiger charge is 2.30. The molecule has 1 aromatic carbocycles. The number of hydrogen-bond donors (Lipinski definition) is 0. The molecule has 0 aliphatic heterocycles. The van der Waals surface area contributed by atoms with Crippen molar-refractivity contribution in [2.75, 3.05) is 0 Å². The van der Waals surface area contributed by atoms with Gasteiger partial charge in [-0.3, -0.25) is 4.98 Å². The summed E-state index contributed by atoms with van der Waals surface area (Å²) in [6.45, 7) is 1.95. The van der Waals surface area contributed by atoms with Gasteiger partial charge in [0.25, 0.3) is 0 Å². The zero-order valence-corrected chi connectivity index (χ0v) is 11.5. The summed E-state index contributed by atoms with van der Waals surface area (Å²) in [6.07, 6.45) is 5.40. The number of halogens is 2. The molecule has 0 unspecified atom stereocenters. The van der Waals surface area contributed by atoms with Gasteiger partial charge < -0.3 is 4.57 Å². The van der Waals surface area contributed by atoms with E-state index in [0.29, 0.717) is 11.3 Å². The molecule has 2 heterocycles. The lowest BCUT2D eigenvalue weighted by Crippen LogP contribution is -2.00. The third kappa shape index (κ3) is 1.92. The van der Waals surface area contributed by atoms with Gasteiger partial charge in [0.15, 0.2) is 11.6 Å². The molecule has 5 heteroatoms. The van der Waals surface area contributed by atoms with Crippen molar-refractivity contribution in [1.82, 2.24) is 14.5 Å². The van der Waals surface area contributed by atoms with Crippen molar-refractivity contribution < 1.29 is 8.78 Å². The summed E-state index contributed by atoms with van der Waals surface area (Å²) in [5, 5.41) is 0. The van der Waals surface area contributed by atoms with E-state index >= 15 is 0 Å². The Hall–Kier alpha value is -2.30. The average molecular weight is 285 g/mol.